The van der Waals surface area contributed by atoms with Gasteiger partial charge in [-0.2, -0.15) is 4.80 Å². The molecule has 0 saturated heterocycles. The fourth-order valence-corrected chi connectivity index (χ4v) is 3.74. The molecule has 1 aliphatic rings. The number of tetrazole rings is 1. The molecule has 3 aromatic rings. The van der Waals surface area contributed by atoms with Gasteiger partial charge in [0.25, 0.3) is 0 Å². The number of halogens is 1. The van der Waals surface area contributed by atoms with E-state index in [-0.39, 0.29) is 49.1 Å². The number of rotatable bonds is 8. The summed E-state index contributed by atoms with van der Waals surface area (Å²) in [5.74, 6) is 0.515. The Hall–Kier alpha value is -3.56. The predicted octanol–water partition coefficient (Wildman–Crippen LogP) is 2.47. The fraction of sp³-hybridized carbons (Fsp3) is 0.409. The van der Waals surface area contributed by atoms with Crippen molar-refractivity contribution in [2.75, 3.05) is 6.54 Å². The van der Waals surface area contributed by atoms with Gasteiger partial charge in [-0.1, -0.05) is 25.0 Å². The molecular weight excluding hydrogens is 415 g/mol. The van der Waals surface area contributed by atoms with Crippen LogP contribution in [-0.4, -0.2) is 49.5 Å². The van der Waals surface area contributed by atoms with E-state index < -0.39 is 0 Å². The SMILES string of the molecule is Cc1ccc(-c2nnn(CC(=O)N(CC(=O)NC3CCCC3)Cc3ccc(F)cc3)n2)o1. The third-order valence-electron chi connectivity index (χ3n) is 5.38. The maximum Gasteiger partial charge on any atom is 0.247 e. The zero-order chi connectivity index (χ0) is 22.5. The van der Waals surface area contributed by atoms with Crippen LogP contribution in [0.15, 0.2) is 40.8 Å². The lowest BCUT2D eigenvalue weighted by Gasteiger charge is -2.23. The monoisotopic (exact) mass is 440 g/mol. The molecule has 0 radical (unpaired) electrons. The predicted molar refractivity (Wildman–Crippen MR) is 112 cm³/mol. The summed E-state index contributed by atoms with van der Waals surface area (Å²) in [5, 5.41) is 15.1. The minimum Gasteiger partial charge on any atom is -0.458 e. The Morgan fingerprint density at radius 2 is 1.94 bits per heavy atom. The van der Waals surface area contributed by atoms with Crippen molar-refractivity contribution < 1.29 is 18.4 Å². The minimum atomic E-state index is -0.363. The fourth-order valence-electron chi connectivity index (χ4n) is 3.74. The van der Waals surface area contributed by atoms with Crippen LogP contribution >= 0.6 is 0 Å². The number of nitrogens with one attached hydrogen (secondary N) is 1. The number of carbonyl (C=O) groups is 2. The molecule has 1 aromatic carbocycles. The first-order valence-electron chi connectivity index (χ1n) is 10.6. The van der Waals surface area contributed by atoms with Crippen LogP contribution in [0.4, 0.5) is 4.39 Å². The van der Waals surface area contributed by atoms with Crippen LogP contribution in [0.25, 0.3) is 11.6 Å². The van der Waals surface area contributed by atoms with Gasteiger partial charge in [-0.3, -0.25) is 9.59 Å². The van der Waals surface area contributed by atoms with E-state index in [1.165, 1.54) is 21.8 Å². The summed E-state index contributed by atoms with van der Waals surface area (Å²) in [5.41, 5.74) is 0.715. The van der Waals surface area contributed by atoms with Gasteiger partial charge in [-0.25, -0.2) is 4.39 Å². The number of furan rings is 1. The lowest BCUT2D eigenvalue weighted by atomic mass is 10.2. The molecule has 168 valence electrons. The molecule has 1 aliphatic carbocycles. The quantitative estimate of drug-likeness (QED) is 0.577. The zero-order valence-electron chi connectivity index (χ0n) is 17.8. The van der Waals surface area contributed by atoms with Crippen molar-refractivity contribution in [2.45, 2.75) is 51.7 Å². The first-order chi connectivity index (χ1) is 15.5. The van der Waals surface area contributed by atoms with Gasteiger partial charge in [-0.15, -0.1) is 10.2 Å². The second kappa shape index (κ2) is 9.71. The summed E-state index contributed by atoms with van der Waals surface area (Å²) in [4.78, 5) is 28.2. The van der Waals surface area contributed by atoms with Crippen molar-refractivity contribution in [3.8, 4) is 11.6 Å². The number of hydrogen-bond donors (Lipinski definition) is 1. The number of benzene rings is 1. The van der Waals surface area contributed by atoms with Crippen LogP contribution in [-0.2, 0) is 22.7 Å². The summed E-state index contributed by atoms with van der Waals surface area (Å²) in [6, 6.07) is 9.51. The summed E-state index contributed by atoms with van der Waals surface area (Å²) >= 11 is 0. The Morgan fingerprint density at radius 3 is 2.62 bits per heavy atom. The van der Waals surface area contributed by atoms with Crippen LogP contribution < -0.4 is 5.32 Å². The highest BCUT2D eigenvalue weighted by molar-refractivity contribution is 5.84. The summed E-state index contributed by atoms with van der Waals surface area (Å²) in [7, 11) is 0. The molecule has 4 rings (SSSR count). The molecule has 2 amide bonds. The average molecular weight is 440 g/mol. The van der Waals surface area contributed by atoms with Crippen LogP contribution in [0.5, 0.6) is 0 Å². The Morgan fingerprint density at radius 1 is 1.19 bits per heavy atom. The second-order valence-electron chi connectivity index (χ2n) is 7.98. The van der Waals surface area contributed by atoms with Gasteiger partial charge < -0.3 is 14.6 Å². The van der Waals surface area contributed by atoms with Crippen LogP contribution in [0, 0.1) is 12.7 Å². The summed E-state index contributed by atoms with van der Waals surface area (Å²) in [6.45, 7) is 1.67. The maximum atomic E-state index is 13.3. The highest BCUT2D eigenvalue weighted by atomic mass is 19.1. The normalized spacial score (nSPS) is 13.9. The molecule has 2 aromatic heterocycles. The van der Waals surface area contributed by atoms with Gasteiger partial charge in [-0.05, 0) is 54.8 Å². The van der Waals surface area contributed by atoms with E-state index in [4.69, 9.17) is 4.42 Å². The van der Waals surface area contributed by atoms with E-state index in [2.05, 4.69) is 20.7 Å². The van der Waals surface area contributed by atoms with E-state index in [1.54, 1.807) is 31.2 Å². The molecule has 1 saturated carbocycles. The lowest BCUT2D eigenvalue weighted by molar-refractivity contribution is -0.137. The van der Waals surface area contributed by atoms with Gasteiger partial charge in [0.2, 0.25) is 17.6 Å². The topological polar surface area (TPSA) is 106 Å². The van der Waals surface area contributed by atoms with Gasteiger partial charge in [0, 0.05) is 12.6 Å². The molecule has 0 spiro atoms. The number of carbonyl (C=O) groups excluding carboxylic acids is 2. The van der Waals surface area contributed by atoms with Crippen molar-refractivity contribution in [3.63, 3.8) is 0 Å². The molecule has 9 nitrogen and oxygen atoms in total. The van der Waals surface area contributed by atoms with Gasteiger partial charge >= 0.3 is 0 Å². The second-order valence-corrected chi connectivity index (χ2v) is 7.98. The smallest absolute Gasteiger partial charge is 0.247 e. The lowest BCUT2D eigenvalue weighted by Crippen LogP contribution is -2.44. The molecule has 0 bridgehead atoms. The first-order valence-corrected chi connectivity index (χ1v) is 10.6. The standard InChI is InChI=1S/C22H25FN6O3/c1-15-6-11-19(32-15)22-25-27-29(26-22)14-21(31)28(12-16-7-9-17(23)10-8-16)13-20(30)24-18-4-2-3-5-18/h6-11,18H,2-5,12-14H2,1H3,(H,24,30). The van der Waals surface area contributed by atoms with Crippen molar-refractivity contribution >= 4 is 11.8 Å². The molecule has 2 heterocycles. The third kappa shape index (κ3) is 5.57. The van der Waals surface area contributed by atoms with Crippen molar-refractivity contribution in [1.82, 2.24) is 30.4 Å². The number of amides is 2. The van der Waals surface area contributed by atoms with Gasteiger partial charge in [0.05, 0.1) is 6.54 Å². The number of aryl methyl sites for hydroxylation is 1. The third-order valence-corrected chi connectivity index (χ3v) is 5.38. The zero-order valence-corrected chi connectivity index (χ0v) is 17.8. The molecular formula is C22H25FN6O3. The van der Waals surface area contributed by atoms with Crippen molar-refractivity contribution in [1.29, 1.82) is 0 Å². The van der Waals surface area contributed by atoms with Crippen LogP contribution in [0.2, 0.25) is 0 Å². The Kier molecular flexibility index (Phi) is 6.58. The molecule has 32 heavy (non-hydrogen) atoms. The number of nitrogens with zero attached hydrogens (tertiary/aromatic N) is 5. The Bertz CT molecular complexity index is 1070. The summed E-state index contributed by atoms with van der Waals surface area (Å²) < 4.78 is 18.8. The highest BCUT2D eigenvalue weighted by Gasteiger charge is 2.23. The molecule has 0 aliphatic heterocycles. The van der Waals surface area contributed by atoms with E-state index in [1.807, 2.05) is 0 Å². The van der Waals surface area contributed by atoms with Gasteiger partial charge in [0.1, 0.15) is 18.1 Å². The van der Waals surface area contributed by atoms with E-state index in [9.17, 15) is 14.0 Å². The van der Waals surface area contributed by atoms with Crippen LogP contribution in [0.3, 0.4) is 0 Å². The molecule has 0 atom stereocenters. The van der Waals surface area contributed by atoms with E-state index in [0.29, 0.717) is 17.1 Å². The Balaban J connectivity index is 1.45. The molecule has 1 fully saturated rings. The highest BCUT2D eigenvalue weighted by Crippen LogP contribution is 2.18. The van der Waals surface area contributed by atoms with Crippen LogP contribution in [0.1, 0.15) is 37.0 Å². The molecule has 0 unspecified atom stereocenters. The summed E-state index contributed by atoms with van der Waals surface area (Å²) in [6.07, 6.45) is 4.10. The van der Waals surface area contributed by atoms with Crippen molar-refractivity contribution in [3.05, 3.63) is 53.5 Å². The average Bonchev–Trinajstić information content (AvgIpc) is 3.52. The number of aromatic nitrogens is 4. The van der Waals surface area contributed by atoms with Crippen molar-refractivity contribution in [2.24, 2.45) is 0 Å². The maximum absolute atomic E-state index is 13.3. The van der Waals surface area contributed by atoms with Gasteiger partial charge in [0.15, 0.2) is 5.76 Å². The van der Waals surface area contributed by atoms with E-state index >= 15 is 0 Å². The first kappa shape index (κ1) is 21.7. The molecule has 10 heteroatoms. The largest absolute Gasteiger partial charge is 0.458 e. The Labute approximate surface area is 184 Å². The van der Waals surface area contributed by atoms with E-state index in [0.717, 1.165) is 25.7 Å². The minimum absolute atomic E-state index is 0.106. The molecule has 1 N–H and O–H groups in total. The number of hydrogen-bond acceptors (Lipinski definition) is 6.